The fourth-order valence-corrected chi connectivity index (χ4v) is 2.83. The molecule has 0 aromatic heterocycles. The van der Waals surface area contributed by atoms with Gasteiger partial charge in [0.2, 0.25) is 0 Å². The van der Waals surface area contributed by atoms with Crippen molar-refractivity contribution in [2.45, 2.75) is 13.5 Å². The highest BCUT2D eigenvalue weighted by Gasteiger charge is 2.25. The molecular weight excluding hydrogens is 266 g/mol. The fraction of sp³-hybridized carbons (Fsp3) is 0.250. The Balaban J connectivity index is 2.19. The van der Waals surface area contributed by atoms with Gasteiger partial charge < -0.3 is 10.2 Å². The molecule has 1 aliphatic rings. The van der Waals surface area contributed by atoms with E-state index in [0.717, 1.165) is 29.9 Å². The summed E-state index contributed by atoms with van der Waals surface area (Å²) in [6, 6.07) is 13.3. The van der Waals surface area contributed by atoms with Crippen LogP contribution in [0.4, 0.5) is 17.1 Å². The molecule has 0 saturated heterocycles. The predicted molar refractivity (Wildman–Crippen MR) is 83.0 cm³/mol. The monoisotopic (exact) mass is 283 g/mol. The number of hydrogen-bond acceptors (Lipinski definition) is 4. The molecule has 0 radical (unpaired) electrons. The first-order valence-corrected chi connectivity index (χ1v) is 6.98. The number of aryl methyl sites for hydroxylation is 1. The summed E-state index contributed by atoms with van der Waals surface area (Å²) in [6.07, 6.45) is 0. The van der Waals surface area contributed by atoms with Crippen LogP contribution in [0.1, 0.15) is 11.1 Å². The molecule has 108 valence electrons. The van der Waals surface area contributed by atoms with Crippen molar-refractivity contribution in [3.05, 3.63) is 63.7 Å². The van der Waals surface area contributed by atoms with Gasteiger partial charge in [0.15, 0.2) is 0 Å². The molecule has 0 amide bonds. The molecule has 2 aromatic carbocycles. The Kier molecular flexibility index (Phi) is 3.58. The van der Waals surface area contributed by atoms with E-state index in [2.05, 4.69) is 16.3 Å². The summed E-state index contributed by atoms with van der Waals surface area (Å²) >= 11 is 0. The van der Waals surface area contributed by atoms with E-state index in [0.29, 0.717) is 12.2 Å². The molecule has 1 N–H and O–H groups in total. The zero-order valence-electron chi connectivity index (χ0n) is 11.9. The molecule has 1 heterocycles. The van der Waals surface area contributed by atoms with E-state index in [1.807, 2.05) is 31.2 Å². The Morgan fingerprint density at radius 3 is 2.81 bits per heavy atom. The van der Waals surface area contributed by atoms with E-state index in [1.54, 1.807) is 12.1 Å². The second-order valence-electron chi connectivity index (χ2n) is 5.16. The van der Waals surface area contributed by atoms with Gasteiger partial charge in [-0.15, -0.1) is 0 Å². The SMILES string of the molecule is Cc1cccc([N+](=O)[O-])c1N1CCNCc2ccccc21. The number of nitro benzene ring substituents is 1. The largest absolute Gasteiger partial charge is 0.334 e. The molecule has 0 bridgehead atoms. The summed E-state index contributed by atoms with van der Waals surface area (Å²) < 4.78 is 0. The number of hydrogen-bond donors (Lipinski definition) is 1. The maximum atomic E-state index is 11.4. The van der Waals surface area contributed by atoms with Crippen molar-refractivity contribution in [1.29, 1.82) is 0 Å². The van der Waals surface area contributed by atoms with Crippen LogP contribution in [0.25, 0.3) is 0 Å². The number of nitrogens with one attached hydrogen (secondary N) is 1. The highest BCUT2D eigenvalue weighted by atomic mass is 16.6. The van der Waals surface area contributed by atoms with Crippen molar-refractivity contribution < 1.29 is 4.92 Å². The van der Waals surface area contributed by atoms with Gasteiger partial charge in [-0.05, 0) is 24.1 Å². The minimum Gasteiger partial charge on any atom is -0.334 e. The lowest BCUT2D eigenvalue weighted by Crippen LogP contribution is -2.25. The topological polar surface area (TPSA) is 58.4 Å². The Morgan fingerprint density at radius 2 is 2.00 bits per heavy atom. The van der Waals surface area contributed by atoms with E-state index in [4.69, 9.17) is 0 Å². The van der Waals surface area contributed by atoms with Crippen LogP contribution in [-0.2, 0) is 6.54 Å². The van der Waals surface area contributed by atoms with Crippen molar-refractivity contribution in [2.24, 2.45) is 0 Å². The van der Waals surface area contributed by atoms with Crippen LogP contribution in [0.15, 0.2) is 42.5 Å². The molecule has 0 saturated carbocycles. The van der Waals surface area contributed by atoms with Crippen LogP contribution in [0.2, 0.25) is 0 Å². The molecule has 0 unspecified atom stereocenters. The highest BCUT2D eigenvalue weighted by molar-refractivity contribution is 5.77. The average Bonchev–Trinajstić information content (AvgIpc) is 2.69. The smallest absolute Gasteiger partial charge is 0.293 e. The summed E-state index contributed by atoms with van der Waals surface area (Å²) in [5.74, 6) is 0. The number of rotatable bonds is 2. The predicted octanol–water partition coefficient (Wildman–Crippen LogP) is 3.14. The van der Waals surface area contributed by atoms with E-state index in [9.17, 15) is 10.1 Å². The molecule has 0 atom stereocenters. The Hall–Kier alpha value is -2.40. The van der Waals surface area contributed by atoms with E-state index < -0.39 is 0 Å². The Bertz CT molecular complexity index is 685. The summed E-state index contributed by atoms with van der Waals surface area (Å²) in [6.45, 7) is 4.21. The first-order chi connectivity index (χ1) is 10.2. The van der Waals surface area contributed by atoms with Crippen LogP contribution in [-0.4, -0.2) is 18.0 Å². The third-order valence-electron chi connectivity index (χ3n) is 3.79. The van der Waals surface area contributed by atoms with Crippen LogP contribution in [0.5, 0.6) is 0 Å². The lowest BCUT2D eigenvalue weighted by atomic mass is 10.1. The molecular formula is C16H17N3O2. The molecule has 5 heteroatoms. The molecule has 2 aromatic rings. The van der Waals surface area contributed by atoms with Crippen LogP contribution in [0.3, 0.4) is 0 Å². The fourth-order valence-electron chi connectivity index (χ4n) is 2.83. The number of para-hydroxylation sites is 2. The number of nitrogens with zero attached hydrogens (tertiary/aromatic N) is 2. The maximum Gasteiger partial charge on any atom is 0.293 e. The second-order valence-corrected chi connectivity index (χ2v) is 5.16. The van der Waals surface area contributed by atoms with Gasteiger partial charge in [0, 0.05) is 31.4 Å². The van der Waals surface area contributed by atoms with Gasteiger partial charge in [0.05, 0.1) is 4.92 Å². The molecule has 5 nitrogen and oxygen atoms in total. The van der Waals surface area contributed by atoms with Crippen molar-refractivity contribution in [2.75, 3.05) is 18.0 Å². The van der Waals surface area contributed by atoms with Crippen LogP contribution in [0, 0.1) is 17.0 Å². The third kappa shape index (κ3) is 2.48. The average molecular weight is 283 g/mol. The van der Waals surface area contributed by atoms with Gasteiger partial charge in [0.1, 0.15) is 5.69 Å². The normalized spacial score (nSPS) is 14.4. The summed E-state index contributed by atoms with van der Waals surface area (Å²) in [5, 5.41) is 14.7. The van der Waals surface area contributed by atoms with E-state index >= 15 is 0 Å². The molecule has 21 heavy (non-hydrogen) atoms. The molecule has 0 spiro atoms. The second kappa shape index (κ2) is 5.54. The van der Waals surface area contributed by atoms with Crippen molar-refractivity contribution in [3.8, 4) is 0 Å². The third-order valence-corrected chi connectivity index (χ3v) is 3.79. The maximum absolute atomic E-state index is 11.4. The van der Waals surface area contributed by atoms with Crippen molar-refractivity contribution >= 4 is 17.1 Å². The zero-order valence-corrected chi connectivity index (χ0v) is 11.9. The van der Waals surface area contributed by atoms with Gasteiger partial charge >= 0.3 is 0 Å². The quantitative estimate of drug-likeness (QED) is 0.679. The van der Waals surface area contributed by atoms with Crippen LogP contribution >= 0.6 is 0 Å². The highest BCUT2D eigenvalue weighted by Crippen LogP contribution is 2.38. The van der Waals surface area contributed by atoms with E-state index in [-0.39, 0.29) is 10.6 Å². The van der Waals surface area contributed by atoms with Gasteiger partial charge in [-0.2, -0.15) is 0 Å². The van der Waals surface area contributed by atoms with Gasteiger partial charge in [-0.3, -0.25) is 10.1 Å². The molecule has 0 aliphatic carbocycles. The van der Waals surface area contributed by atoms with Gasteiger partial charge in [-0.1, -0.05) is 30.3 Å². The van der Waals surface area contributed by atoms with Crippen molar-refractivity contribution in [1.82, 2.24) is 5.32 Å². The number of nitro groups is 1. The first kappa shape index (κ1) is 13.6. The van der Waals surface area contributed by atoms with Gasteiger partial charge in [0.25, 0.3) is 5.69 Å². The standard InChI is InChI=1S/C16H17N3O2/c1-12-5-4-8-15(19(20)21)16(12)18-10-9-17-11-13-6-2-3-7-14(13)18/h2-8,17H,9-11H2,1H3. The lowest BCUT2D eigenvalue weighted by Gasteiger charge is -2.26. The molecule has 1 aliphatic heterocycles. The van der Waals surface area contributed by atoms with Crippen molar-refractivity contribution in [3.63, 3.8) is 0 Å². The van der Waals surface area contributed by atoms with Gasteiger partial charge in [-0.25, -0.2) is 0 Å². The Labute approximate surface area is 123 Å². The number of benzene rings is 2. The molecule has 3 rings (SSSR count). The van der Waals surface area contributed by atoms with E-state index in [1.165, 1.54) is 0 Å². The van der Waals surface area contributed by atoms with Crippen LogP contribution < -0.4 is 10.2 Å². The summed E-state index contributed by atoms with van der Waals surface area (Å²) in [5.41, 5.74) is 3.97. The summed E-state index contributed by atoms with van der Waals surface area (Å²) in [7, 11) is 0. The Morgan fingerprint density at radius 1 is 1.19 bits per heavy atom. The number of anilines is 2. The zero-order chi connectivity index (χ0) is 14.8. The number of fused-ring (bicyclic) bond motifs is 1. The molecule has 0 fully saturated rings. The minimum absolute atomic E-state index is 0.159. The minimum atomic E-state index is -0.302. The first-order valence-electron chi connectivity index (χ1n) is 6.98. The lowest BCUT2D eigenvalue weighted by molar-refractivity contribution is -0.384. The summed E-state index contributed by atoms with van der Waals surface area (Å²) in [4.78, 5) is 13.1.